The molecule has 0 aromatic heterocycles. The molecule has 0 heterocycles. The number of amides is 1. The molecule has 0 saturated carbocycles. The van der Waals surface area contributed by atoms with Crippen LogP contribution in [0.15, 0.2) is 36.4 Å². The van der Waals surface area contributed by atoms with Crippen molar-refractivity contribution in [2.45, 2.75) is 20.3 Å². The molecule has 0 atom stereocenters. The Labute approximate surface area is 146 Å². The first kappa shape index (κ1) is 18.3. The third-order valence-electron chi connectivity index (χ3n) is 3.67. The highest BCUT2D eigenvalue weighted by Crippen LogP contribution is 2.23. The van der Waals surface area contributed by atoms with E-state index in [9.17, 15) is 9.59 Å². The van der Waals surface area contributed by atoms with Gasteiger partial charge < -0.3 is 19.9 Å². The first-order valence-electron chi connectivity index (χ1n) is 7.77. The predicted molar refractivity (Wildman–Crippen MR) is 94.4 cm³/mol. The summed E-state index contributed by atoms with van der Waals surface area (Å²) in [6.07, 6.45) is 0.230. The van der Waals surface area contributed by atoms with E-state index in [0.717, 1.165) is 22.4 Å². The van der Waals surface area contributed by atoms with Crippen molar-refractivity contribution in [3.8, 4) is 11.5 Å². The Bertz CT molecular complexity index is 785. The third kappa shape index (κ3) is 5.24. The monoisotopic (exact) mass is 343 g/mol. The Morgan fingerprint density at radius 2 is 1.84 bits per heavy atom. The van der Waals surface area contributed by atoms with Gasteiger partial charge in [0.05, 0.1) is 13.5 Å². The van der Waals surface area contributed by atoms with Gasteiger partial charge in [0.25, 0.3) is 0 Å². The van der Waals surface area contributed by atoms with Gasteiger partial charge >= 0.3 is 5.97 Å². The Morgan fingerprint density at radius 3 is 2.48 bits per heavy atom. The van der Waals surface area contributed by atoms with Crippen molar-refractivity contribution in [1.82, 2.24) is 0 Å². The second-order valence-corrected chi connectivity index (χ2v) is 5.69. The molecule has 0 unspecified atom stereocenters. The number of aliphatic carboxylic acids is 1. The second-order valence-electron chi connectivity index (χ2n) is 5.69. The summed E-state index contributed by atoms with van der Waals surface area (Å²) in [6, 6.07) is 10.7. The van der Waals surface area contributed by atoms with E-state index in [1.54, 1.807) is 25.3 Å². The van der Waals surface area contributed by atoms with Crippen molar-refractivity contribution < 1.29 is 24.2 Å². The van der Waals surface area contributed by atoms with Gasteiger partial charge in [-0.2, -0.15) is 0 Å². The van der Waals surface area contributed by atoms with E-state index < -0.39 is 12.6 Å². The SMILES string of the molecule is COc1cc(CC(=O)Nc2ccc(OCC(=O)O)cc2C)ccc1C. The maximum atomic E-state index is 12.3. The fourth-order valence-corrected chi connectivity index (χ4v) is 2.37. The standard InChI is InChI=1S/C19H21NO5/c1-12-4-5-14(9-17(12)24-3)10-18(21)20-16-7-6-15(8-13(16)2)25-11-19(22)23/h4-9H,10-11H2,1-3H3,(H,20,21)(H,22,23). The molecule has 2 N–H and O–H groups in total. The van der Waals surface area contributed by atoms with Crippen molar-refractivity contribution in [3.63, 3.8) is 0 Å². The number of hydrogen-bond donors (Lipinski definition) is 2. The summed E-state index contributed by atoms with van der Waals surface area (Å²) in [5, 5.41) is 11.5. The predicted octanol–water partition coefficient (Wildman–Crippen LogP) is 2.96. The minimum Gasteiger partial charge on any atom is -0.496 e. The highest BCUT2D eigenvalue weighted by atomic mass is 16.5. The number of carbonyl (C=O) groups excluding carboxylic acids is 1. The number of hydrogen-bond acceptors (Lipinski definition) is 4. The number of rotatable bonds is 7. The molecule has 2 rings (SSSR count). The van der Waals surface area contributed by atoms with Crippen LogP contribution in [0.4, 0.5) is 5.69 Å². The maximum Gasteiger partial charge on any atom is 0.341 e. The van der Waals surface area contributed by atoms with E-state index in [2.05, 4.69) is 5.32 Å². The van der Waals surface area contributed by atoms with Crippen molar-refractivity contribution >= 4 is 17.6 Å². The molecule has 0 saturated heterocycles. The molecule has 132 valence electrons. The molecule has 2 aromatic rings. The van der Waals surface area contributed by atoms with Crippen LogP contribution in [0.5, 0.6) is 11.5 Å². The number of nitrogens with one attached hydrogen (secondary N) is 1. The number of methoxy groups -OCH3 is 1. The summed E-state index contributed by atoms with van der Waals surface area (Å²) in [5.41, 5.74) is 3.32. The molecule has 0 aliphatic rings. The Balaban J connectivity index is 2.01. The normalized spacial score (nSPS) is 10.2. The molecule has 6 nitrogen and oxygen atoms in total. The molecular formula is C19H21NO5. The van der Waals surface area contributed by atoms with Gasteiger partial charge in [-0.3, -0.25) is 4.79 Å². The lowest BCUT2D eigenvalue weighted by molar-refractivity contribution is -0.139. The first-order valence-corrected chi connectivity index (χ1v) is 7.77. The van der Waals surface area contributed by atoms with Crippen LogP contribution in [0.1, 0.15) is 16.7 Å². The van der Waals surface area contributed by atoms with Gasteiger partial charge in [-0.1, -0.05) is 12.1 Å². The van der Waals surface area contributed by atoms with E-state index in [1.807, 2.05) is 32.0 Å². The number of ether oxygens (including phenoxy) is 2. The second kappa shape index (κ2) is 8.19. The lowest BCUT2D eigenvalue weighted by Crippen LogP contribution is -2.15. The van der Waals surface area contributed by atoms with Crippen LogP contribution in [0, 0.1) is 13.8 Å². The van der Waals surface area contributed by atoms with Crippen molar-refractivity contribution in [3.05, 3.63) is 53.1 Å². The van der Waals surface area contributed by atoms with Crippen LogP contribution in [0.2, 0.25) is 0 Å². The smallest absolute Gasteiger partial charge is 0.341 e. The van der Waals surface area contributed by atoms with E-state index in [0.29, 0.717) is 11.4 Å². The lowest BCUT2D eigenvalue weighted by atomic mass is 10.1. The van der Waals surface area contributed by atoms with Gasteiger partial charge in [0.2, 0.25) is 5.91 Å². The Morgan fingerprint density at radius 1 is 1.08 bits per heavy atom. The molecule has 1 amide bonds. The third-order valence-corrected chi connectivity index (χ3v) is 3.67. The van der Waals surface area contributed by atoms with Crippen molar-refractivity contribution in [1.29, 1.82) is 0 Å². The largest absolute Gasteiger partial charge is 0.496 e. The lowest BCUT2D eigenvalue weighted by Gasteiger charge is -2.11. The number of anilines is 1. The van der Waals surface area contributed by atoms with Gasteiger partial charge in [-0.15, -0.1) is 0 Å². The van der Waals surface area contributed by atoms with Gasteiger partial charge in [0, 0.05) is 5.69 Å². The minimum absolute atomic E-state index is 0.145. The quantitative estimate of drug-likeness (QED) is 0.807. The van der Waals surface area contributed by atoms with Crippen LogP contribution < -0.4 is 14.8 Å². The number of aryl methyl sites for hydroxylation is 2. The summed E-state index contributed by atoms with van der Waals surface area (Å²) in [5.74, 6) is 0.0133. The zero-order chi connectivity index (χ0) is 18.4. The topological polar surface area (TPSA) is 84.9 Å². The number of carboxylic acids is 1. The molecule has 0 aliphatic carbocycles. The van der Waals surface area contributed by atoms with Crippen LogP contribution in [-0.2, 0) is 16.0 Å². The summed E-state index contributed by atoms with van der Waals surface area (Å²) in [7, 11) is 1.60. The minimum atomic E-state index is -1.04. The van der Waals surface area contributed by atoms with Gasteiger partial charge in [-0.05, 0) is 54.8 Å². The van der Waals surface area contributed by atoms with E-state index in [-0.39, 0.29) is 12.3 Å². The fraction of sp³-hybridized carbons (Fsp3) is 0.263. The first-order chi connectivity index (χ1) is 11.9. The van der Waals surface area contributed by atoms with Crippen LogP contribution in [-0.4, -0.2) is 30.7 Å². The molecule has 0 radical (unpaired) electrons. The van der Waals surface area contributed by atoms with Crippen molar-refractivity contribution in [2.24, 2.45) is 0 Å². The Hall–Kier alpha value is -3.02. The summed E-state index contributed by atoms with van der Waals surface area (Å²) >= 11 is 0. The molecule has 0 spiro atoms. The molecule has 0 aliphatic heterocycles. The molecular weight excluding hydrogens is 322 g/mol. The summed E-state index contributed by atoms with van der Waals surface area (Å²) in [6.45, 7) is 3.36. The average molecular weight is 343 g/mol. The highest BCUT2D eigenvalue weighted by Gasteiger charge is 2.09. The number of benzene rings is 2. The van der Waals surface area contributed by atoms with Crippen LogP contribution in [0.25, 0.3) is 0 Å². The van der Waals surface area contributed by atoms with E-state index in [4.69, 9.17) is 14.6 Å². The number of carboxylic acid groups (broad SMARTS) is 1. The highest BCUT2D eigenvalue weighted by molar-refractivity contribution is 5.93. The van der Waals surface area contributed by atoms with E-state index >= 15 is 0 Å². The zero-order valence-electron chi connectivity index (χ0n) is 14.5. The summed E-state index contributed by atoms with van der Waals surface area (Å²) < 4.78 is 10.4. The van der Waals surface area contributed by atoms with Crippen LogP contribution in [0.3, 0.4) is 0 Å². The molecule has 2 aromatic carbocycles. The maximum absolute atomic E-state index is 12.3. The molecule has 25 heavy (non-hydrogen) atoms. The number of carbonyl (C=O) groups is 2. The molecule has 0 bridgehead atoms. The van der Waals surface area contributed by atoms with Gasteiger partial charge in [0.15, 0.2) is 6.61 Å². The van der Waals surface area contributed by atoms with E-state index in [1.165, 1.54) is 0 Å². The average Bonchev–Trinajstić information content (AvgIpc) is 2.57. The van der Waals surface area contributed by atoms with Gasteiger partial charge in [-0.25, -0.2) is 4.79 Å². The summed E-state index contributed by atoms with van der Waals surface area (Å²) in [4.78, 5) is 22.8. The van der Waals surface area contributed by atoms with Crippen LogP contribution >= 0.6 is 0 Å². The fourth-order valence-electron chi connectivity index (χ4n) is 2.37. The van der Waals surface area contributed by atoms with Crippen molar-refractivity contribution in [2.75, 3.05) is 19.0 Å². The molecule has 0 fully saturated rings. The zero-order valence-corrected chi connectivity index (χ0v) is 14.5. The Kier molecular flexibility index (Phi) is 6.00. The van der Waals surface area contributed by atoms with Gasteiger partial charge in [0.1, 0.15) is 11.5 Å². The molecule has 6 heteroatoms.